The molecule has 1 aliphatic heterocycles. The standard InChI is InChI=1S/C12H22N4OS/c1-9(2)13-7-10-14-15-11(17-10)16-5-6-18-12(3,4)8-16/h9,13H,5-8H2,1-4H3. The summed E-state index contributed by atoms with van der Waals surface area (Å²) < 4.78 is 5.95. The van der Waals surface area contributed by atoms with Crippen molar-refractivity contribution in [1.29, 1.82) is 0 Å². The molecule has 0 aliphatic carbocycles. The molecule has 6 heteroatoms. The summed E-state index contributed by atoms with van der Waals surface area (Å²) in [5.74, 6) is 1.77. The number of anilines is 1. The van der Waals surface area contributed by atoms with Gasteiger partial charge in [0.05, 0.1) is 6.54 Å². The van der Waals surface area contributed by atoms with E-state index in [1.54, 1.807) is 0 Å². The van der Waals surface area contributed by atoms with Crippen LogP contribution in [-0.2, 0) is 6.54 Å². The Labute approximate surface area is 113 Å². The lowest BCUT2D eigenvalue weighted by Crippen LogP contribution is -2.43. The minimum Gasteiger partial charge on any atom is -0.407 e. The first-order valence-electron chi connectivity index (χ1n) is 6.41. The number of aromatic nitrogens is 2. The maximum atomic E-state index is 5.70. The molecule has 0 radical (unpaired) electrons. The predicted molar refractivity (Wildman–Crippen MR) is 75.0 cm³/mol. The van der Waals surface area contributed by atoms with Crippen LogP contribution in [0.3, 0.4) is 0 Å². The maximum absolute atomic E-state index is 5.70. The predicted octanol–water partition coefficient (Wildman–Crippen LogP) is 1.90. The summed E-state index contributed by atoms with van der Waals surface area (Å²) >= 11 is 2.00. The topological polar surface area (TPSA) is 54.2 Å². The van der Waals surface area contributed by atoms with Gasteiger partial charge in [-0.2, -0.15) is 11.8 Å². The Morgan fingerprint density at radius 2 is 2.22 bits per heavy atom. The molecule has 1 saturated heterocycles. The number of thioether (sulfide) groups is 1. The lowest BCUT2D eigenvalue weighted by molar-refractivity contribution is 0.442. The van der Waals surface area contributed by atoms with E-state index >= 15 is 0 Å². The number of nitrogens with zero attached hydrogens (tertiary/aromatic N) is 3. The molecule has 5 nitrogen and oxygen atoms in total. The highest BCUT2D eigenvalue weighted by atomic mass is 32.2. The zero-order valence-electron chi connectivity index (χ0n) is 11.6. The molecular formula is C12H22N4OS. The van der Waals surface area contributed by atoms with Crippen LogP contribution in [0.5, 0.6) is 0 Å². The van der Waals surface area contributed by atoms with Crippen LogP contribution < -0.4 is 10.2 Å². The number of nitrogens with one attached hydrogen (secondary N) is 1. The zero-order valence-corrected chi connectivity index (χ0v) is 12.4. The summed E-state index contributed by atoms with van der Waals surface area (Å²) in [7, 11) is 0. The Balaban J connectivity index is 1.97. The lowest BCUT2D eigenvalue weighted by Gasteiger charge is -2.36. The van der Waals surface area contributed by atoms with E-state index in [0.29, 0.717) is 24.5 Å². The fourth-order valence-corrected chi connectivity index (χ4v) is 3.03. The van der Waals surface area contributed by atoms with Gasteiger partial charge in [-0.1, -0.05) is 18.9 Å². The minimum atomic E-state index is 0.253. The van der Waals surface area contributed by atoms with Crippen LogP contribution in [0.1, 0.15) is 33.6 Å². The van der Waals surface area contributed by atoms with Crippen LogP contribution in [0, 0.1) is 0 Å². The average Bonchev–Trinajstić information content (AvgIpc) is 2.73. The second kappa shape index (κ2) is 5.48. The molecule has 0 unspecified atom stereocenters. The Morgan fingerprint density at radius 3 is 2.89 bits per heavy atom. The highest BCUT2D eigenvalue weighted by Crippen LogP contribution is 2.31. The molecule has 102 valence electrons. The highest BCUT2D eigenvalue weighted by molar-refractivity contribution is 8.00. The number of hydrogen-bond acceptors (Lipinski definition) is 6. The van der Waals surface area contributed by atoms with E-state index in [2.05, 4.69) is 48.1 Å². The Hall–Kier alpha value is -0.750. The van der Waals surface area contributed by atoms with Gasteiger partial charge in [-0.3, -0.25) is 0 Å². The van der Waals surface area contributed by atoms with Gasteiger partial charge in [0.2, 0.25) is 5.89 Å². The molecule has 0 saturated carbocycles. The molecule has 0 spiro atoms. The van der Waals surface area contributed by atoms with E-state index in [0.717, 1.165) is 18.8 Å². The van der Waals surface area contributed by atoms with Gasteiger partial charge < -0.3 is 14.6 Å². The maximum Gasteiger partial charge on any atom is 0.318 e. The highest BCUT2D eigenvalue weighted by Gasteiger charge is 2.29. The molecule has 0 bridgehead atoms. The van der Waals surface area contributed by atoms with Gasteiger partial charge in [-0.25, -0.2) is 0 Å². The third-order valence-electron chi connectivity index (χ3n) is 2.81. The zero-order chi connectivity index (χ0) is 13.2. The molecule has 1 fully saturated rings. The quantitative estimate of drug-likeness (QED) is 0.902. The lowest BCUT2D eigenvalue weighted by atomic mass is 10.2. The summed E-state index contributed by atoms with van der Waals surface area (Å²) in [5, 5.41) is 11.5. The third kappa shape index (κ3) is 3.62. The molecule has 1 aromatic heterocycles. The summed E-state index contributed by atoms with van der Waals surface area (Å²) in [6.45, 7) is 11.3. The molecule has 0 amide bonds. The van der Waals surface area contributed by atoms with Crippen LogP contribution in [0.25, 0.3) is 0 Å². The SMILES string of the molecule is CC(C)NCc1nnc(N2CCSC(C)(C)C2)o1. The van der Waals surface area contributed by atoms with E-state index < -0.39 is 0 Å². The Kier molecular flexibility index (Phi) is 4.17. The molecule has 0 atom stereocenters. The van der Waals surface area contributed by atoms with Gasteiger partial charge in [0.15, 0.2) is 0 Å². The summed E-state index contributed by atoms with van der Waals surface area (Å²) in [4.78, 5) is 2.18. The van der Waals surface area contributed by atoms with Crippen molar-refractivity contribution in [3.8, 4) is 0 Å². The first-order valence-corrected chi connectivity index (χ1v) is 7.39. The number of rotatable bonds is 4. The second-order valence-electron chi connectivity index (χ2n) is 5.54. The molecule has 1 N–H and O–H groups in total. The van der Waals surface area contributed by atoms with Gasteiger partial charge in [0, 0.05) is 29.6 Å². The van der Waals surface area contributed by atoms with Crippen molar-refractivity contribution in [3.05, 3.63) is 5.89 Å². The normalized spacial score (nSPS) is 19.5. The first kappa shape index (κ1) is 13.7. The third-order valence-corrected chi connectivity index (χ3v) is 4.11. The second-order valence-corrected chi connectivity index (χ2v) is 7.35. The van der Waals surface area contributed by atoms with Gasteiger partial charge in [-0.05, 0) is 13.8 Å². The minimum absolute atomic E-state index is 0.253. The van der Waals surface area contributed by atoms with Crippen LogP contribution in [0.2, 0.25) is 0 Å². The fraction of sp³-hybridized carbons (Fsp3) is 0.833. The Bertz CT molecular complexity index is 391. The summed E-state index contributed by atoms with van der Waals surface area (Å²) in [6, 6.07) is 1.08. The Morgan fingerprint density at radius 1 is 1.44 bits per heavy atom. The van der Waals surface area contributed by atoms with Crippen LogP contribution in [0.15, 0.2) is 4.42 Å². The van der Waals surface area contributed by atoms with E-state index in [-0.39, 0.29) is 4.75 Å². The molecule has 2 rings (SSSR count). The average molecular weight is 270 g/mol. The van der Waals surface area contributed by atoms with Crippen molar-refractivity contribution in [2.75, 3.05) is 23.7 Å². The van der Waals surface area contributed by atoms with Crippen LogP contribution in [-0.4, -0.2) is 39.8 Å². The van der Waals surface area contributed by atoms with Crippen molar-refractivity contribution in [3.63, 3.8) is 0 Å². The summed E-state index contributed by atoms with van der Waals surface area (Å²) in [5.41, 5.74) is 0. The van der Waals surface area contributed by atoms with Crippen molar-refractivity contribution in [1.82, 2.24) is 15.5 Å². The molecule has 18 heavy (non-hydrogen) atoms. The monoisotopic (exact) mass is 270 g/mol. The van der Waals surface area contributed by atoms with Gasteiger partial charge in [0.25, 0.3) is 0 Å². The van der Waals surface area contributed by atoms with Crippen LogP contribution >= 0.6 is 11.8 Å². The van der Waals surface area contributed by atoms with Crippen molar-refractivity contribution in [2.24, 2.45) is 0 Å². The largest absolute Gasteiger partial charge is 0.407 e. The fourth-order valence-electron chi connectivity index (χ4n) is 1.92. The molecular weight excluding hydrogens is 248 g/mol. The van der Waals surface area contributed by atoms with Gasteiger partial charge >= 0.3 is 6.01 Å². The molecule has 2 heterocycles. The van der Waals surface area contributed by atoms with Crippen molar-refractivity contribution in [2.45, 2.75) is 45.0 Å². The van der Waals surface area contributed by atoms with E-state index in [1.165, 1.54) is 0 Å². The van der Waals surface area contributed by atoms with E-state index in [4.69, 9.17) is 4.42 Å². The number of hydrogen-bond donors (Lipinski definition) is 1. The van der Waals surface area contributed by atoms with Crippen molar-refractivity contribution >= 4 is 17.8 Å². The molecule has 1 aliphatic rings. The van der Waals surface area contributed by atoms with Gasteiger partial charge in [-0.15, -0.1) is 5.10 Å². The van der Waals surface area contributed by atoms with Gasteiger partial charge in [0.1, 0.15) is 0 Å². The smallest absolute Gasteiger partial charge is 0.318 e. The molecule has 0 aromatic carbocycles. The molecule has 1 aromatic rings. The van der Waals surface area contributed by atoms with E-state index in [1.807, 2.05) is 11.8 Å². The van der Waals surface area contributed by atoms with E-state index in [9.17, 15) is 0 Å². The summed E-state index contributed by atoms with van der Waals surface area (Å²) in [6.07, 6.45) is 0. The van der Waals surface area contributed by atoms with Crippen LogP contribution in [0.4, 0.5) is 6.01 Å². The first-order chi connectivity index (χ1) is 8.46. The van der Waals surface area contributed by atoms with Crippen molar-refractivity contribution < 1.29 is 4.42 Å².